The molecule has 0 saturated heterocycles. The van der Waals surface area contributed by atoms with Crippen LogP contribution in [0.5, 0.6) is 0 Å². The van der Waals surface area contributed by atoms with Crippen molar-refractivity contribution < 1.29 is 9.59 Å². The molecule has 0 saturated carbocycles. The number of hydrogen-bond donors (Lipinski definition) is 2. The molecule has 0 radical (unpaired) electrons. The van der Waals surface area contributed by atoms with Crippen molar-refractivity contribution >= 4 is 45.1 Å². The number of thioether (sulfide) groups is 1. The average molecular weight is 378 g/mol. The highest BCUT2D eigenvalue weighted by Gasteiger charge is 2.25. The molecular formula is C18H23N3O2S2. The van der Waals surface area contributed by atoms with Crippen molar-refractivity contribution in [1.29, 1.82) is 0 Å². The summed E-state index contributed by atoms with van der Waals surface area (Å²) in [5.41, 5.74) is 7.43. The molecule has 0 aliphatic carbocycles. The summed E-state index contributed by atoms with van der Waals surface area (Å²) < 4.78 is 1.87. The molecule has 1 aromatic carbocycles. The maximum atomic E-state index is 12.3. The van der Waals surface area contributed by atoms with Gasteiger partial charge in [0.15, 0.2) is 4.34 Å². The van der Waals surface area contributed by atoms with Gasteiger partial charge in [-0.05, 0) is 17.0 Å². The highest BCUT2D eigenvalue weighted by Crippen LogP contribution is 2.38. The van der Waals surface area contributed by atoms with Crippen molar-refractivity contribution in [3.8, 4) is 0 Å². The number of nitrogens with zero attached hydrogens (tertiary/aromatic N) is 1. The highest BCUT2D eigenvalue weighted by atomic mass is 32.2. The van der Waals surface area contributed by atoms with Crippen molar-refractivity contribution in [2.24, 2.45) is 5.73 Å². The highest BCUT2D eigenvalue weighted by molar-refractivity contribution is 8.02. The molecule has 1 unspecified atom stereocenters. The largest absolute Gasteiger partial charge is 0.370 e. The first kappa shape index (κ1) is 19.5. The monoisotopic (exact) mass is 377 g/mol. The lowest BCUT2D eigenvalue weighted by Gasteiger charge is -2.19. The maximum absolute atomic E-state index is 12.3. The fourth-order valence-corrected chi connectivity index (χ4v) is 4.99. The second kappa shape index (κ2) is 8.01. The standard InChI is InChI=1S/C18H23N3O2S2/c1-5-9-20-16(23)13(10-14(19)22)24-17-21-12-8-6-7-11(15(12)25-17)18(2,3)4/h5-8,13H,1,9-10H2,2-4H3,(H2,19,22)(H,20,23). The fraction of sp³-hybridized carbons (Fsp3) is 0.389. The molecule has 0 aliphatic heterocycles. The second-order valence-corrected chi connectivity index (χ2v) is 9.14. The van der Waals surface area contributed by atoms with Gasteiger partial charge in [0.1, 0.15) is 0 Å². The summed E-state index contributed by atoms with van der Waals surface area (Å²) in [6, 6.07) is 6.06. The third kappa shape index (κ3) is 5.06. The van der Waals surface area contributed by atoms with Crippen molar-refractivity contribution in [3.05, 3.63) is 36.4 Å². The van der Waals surface area contributed by atoms with Crippen LogP contribution in [-0.2, 0) is 15.0 Å². The Morgan fingerprint density at radius 3 is 2.76 bits per heavy atom. The topological polar surface area (TPSA) is 85.1 Å². The van der Waals surface area contributed by atoms with Gasteiger partial charge in [0.2, 0.25) is 11.8 Å². The molecule has 1 heterocycles. The Bertz CT molecular complexity index is 793. The Balaban J connectivity index is 2.31. The smallest absolute Gasteiger partial charge is 0.234 e. The number of nitrogens with one attached hydrogen (secondary N) is 1. The van der Waals surface area contributed by atoms with Gasteiger partial charge in [-0.2, -0.15) is 0 Å². The summed E-state index contributed by atoms with van der Waals surface area (Å²) in [4.78, 5) is 28.2. The number of hydrogen-bond acceptors (Lipinski definition) is 5. The number of carbonyl (C=O) groups excluding carboxylic acids is 2. The summed E-state index contributed by atoms with van der Waals surface area (Å²) in [7, 11) is 0. The lowest BCUT2D eigenvalue weighted by atomic mass is 9.87. The van der Waals surface area contributed by atoms with Gasteiger partial charge in [0.25, 0.3) is 0 Å². The Morgan fingerprint density at radius 1 is 1.44 bits per heavy atom. The summed E-state index contributed by atoms with van der Waals surface area (Å²) in [6.07, 6.45) is 1.56. The van der Waals surface area contributed by atoms with E-state index >= 15 is 0 Å². The zero-order valence-electron chi connectivity index (χ0n) is 14.7. The van der Waals surface area contributed by atoms with E-state index in [1.54, 1.807) is 17.4 Å². The minimum Gasteiger partial charge on any atom is -0.370 e. The number of aromatic nitrogens is 1. The Labute approximate surface area is 156 Å². The summed E-state index contributed by atoms with van der Waals surface area (Å²) in [5, 5.41) is 2.12. The van der Waals surface area contributed by atoms with Crippen molar-refractivity contribution in [3.63, 3.8) is 0 Å². The summed E-state index contributed by atoms with van der Waals surface area (Å²) >= 11 is 2.83. The number of nitrogens with two attached hydrogens (primary N) is 1. The Kier molecular flexibility index (Phi) is 6.24. The second-order valence-electron chi connectivity index (χ2n) is 6.69. The zero-order chi connectivity index (χ0) is 18.6. The van der Waals surface area contributed by atoms with Gasteiger partial charge in [-0.25, -0.2) is 4.98 Å². The molecular weight excluding hydrogens is 354 g/mol. The van der Waals surface area contributed by atoms with Crippen LogP contribution < -0.4 is 11.1 Å². The summed E-state index contributed by atoms with van der Waals surface area (Å²) in [5.74, 6) is -0.748. The third-order valence-electron chi connectivity index (χ3n) is 3.55. The number of benzene rings is 1. The van der Waals surface area contributed by atoms with Crippen LogP contribution in [0.25, 0.3) is 10.2 Å². The molecule has 2 aromatic rings. The number of amides is 2. The number of thiazole rings is 1. The Morgan fingerprint density at radius 2 is 2.16 bits per heavy atom. The van der Waals surface area contributed by atoms with E-state index in [-0.39, 0.29) is 17.7 Å². The van der Waals surface area contributed by atoms with E-state index in [9.17, 15) is 9.59 Å². The van der Waals surface area contributed by atoms with E-state index in [0.717, 1.165) is 14.6 Å². The number of fused-ring (bicyclic) bond motifs is 1. The maximum Gasteiger partial charge on any atom is 0.234 e. The van der Waals surface area contributed by atoms with Crippen LogP contribution in [0.1, 0.15) is 32.8 Å². The van der Waals surface area contributed by atoms with Crippen LogP contribution in [0.15, 0.2) is 35.2 Å². The molecule has 5 nitrogen and oxygen atoms in total. The molecule has 0 bridgehead atoms. The molecule has 7 heteroatoms. The molecule has 0 fully saturated rings. The third-order valence-corrected chi connectivity index (χ3v) is 5.94. The van der Waals surface area contributed by atoms with Crippen LogP contribution >= 0.6 is 23.1 Å². The first-order chi connectivity index (χ1) is 11.7. The van der Waals surface area contributed by atoms with E-state index in [0.29, 0.717) is 6.54 Å². The minimum atomic E-state index is -0.601. The van der Waals surface area contributed by atoms with Crippen LogP contribution in [0.2, 0.25) is 0 Å². The van der Waals surface area contributed by atoms with E-state index in [1.807, 2.05) is 12.1 Å². The first-order valence-electron chi connectivity index (χ1n) is 7.96. The molecule has 25 heavy (non-hydrogen) atoms. The van der Waals surface area contributed by atoms with E-state index in [2.05, 4.69) is 43.7 Å². The first-order valence-corrected chi connectivity index (χ1v) is 9.65. The lowest BCUT2D eigenvalue weighted by molar-refractivity contribution is -0.124. The van der Waals surface area contributed by atoms with Gasteiger partial charge in [-0.15, -0.1) is 17.9 Å². The van der Waals surface area contributed by atoms with E-state index in [1.165, 1.54) is 17.3 Å². The molecule has 0 spiro atoms. The van der Waals surface area contributed by atoms with Gasteiger partial charge in [-0.3, -0.25) is 9.59 Å². The molecule has 134 valence electrons. The molecule has 1 atom stereocenters. The summed E-state index contributed by atoms with van der Waals surface area (Å²) in [6.45, 7) is 10.4. The molecule has 2 amide bonds. The van der Waals surface area contributed by atoms with Gasteiger partial charge in [0, 0.05) is 13.0 Å². The van der Waals surface area contributed by atoms with Gasteiger partial charge >= 0.3 is 0 Å². The quantitative estimate of drug-likeness (QED) is 0.573. The minimum absolute atomic E-state index is 0.00193. The van der Waals surface area contributed by atoms with Crippen LogP contribution in [0.3, 0.4) is 0 Å². The van der Waals surface area contributed by atoms with Crippen LogP contribution in [0, 0.1) is 0 Å². The lowest BCUT2D eigenvalue weighted by Crippen LogP contribution is -2.35. The van der Waals surface area contributed by atoms with Crippen LogP contribution in [0.4, 0.5) is 0 Å². The normalized spacial score (nSPS) is 12.8. The number of carbonyl (C=O) groups is 2. The molecule has 1 aromatic heterocycles. The van der Waals surface area contributed by atoms with E-state index < -0.39 is 11.2 Å². The van der Waals surface area contributed by atoms with Gasteiger partial charge in [0.05, 0.1) is 15.5 Å². The van der Waals surface area contributed by atoms with Crippen molar-refractivity contribution in [2.45, 2.75) is 42.2 Å². The van der Waals surface area contributed by atoms with Crippen LogP contribution in [-0.4, -0.2) is 28.6 Å². The Hall–Kier alpha value is -1.86. The zero-order valence-corrected chi connectivity index (χ0v) is 16.3. The molecule has 0 aliphatic rings. The number of primary amides is 1. The van der Waals surface area contributed by atoms with Crippen molar-refractivity contribution in [1.82, 2.24) is 10.3 Å². The molecule has 2 rings (SSSR count). The number of rotatable bonds is 7. The predicted molar refractivity (Wildman–Crippen MR) is 105 cm³/mol. The predicted octanol–water partition coefficient (Wildman–Crippen LogP) is 3.23. The van der Waals surface area contributed by atoms with Gasteiger partial charge in [-0.1, -0.05) is 50.7 Å². The fourth-order valence-electron chi connectivity index (χ4n) is 2.35. The van der Waals surface area contributed by atoms with Gasteiger partial charge < -0.3 is 11.1 Å². The molecule has 3 N–H and O–H groups in total. The average Bonchev–Trinajstić information content (AvgIpc) is 2.92. The van der Waals surface area contributed by atoms with E-state index in [4.69, 9.17) is 5.73 Å². The van der Waals surface area contributed by atoms with Crippen molar-refractivity contribution in [2.75, 3.05) is 6.54 Å². The SMILES string of the molecule is C=CCNC(=O)C(CC(N)=O)Sc1nc2cccc(C(C)(C)C)c2s1.